The van der Waals surface area contributed by atoms with Crippen LogP contribution in [-0.2, 0) is 16.6 Å². The number of carbonyl (C=O) groups is 2. The summed E-state index contributed by atoms with van der Waals surface area (Å²) in [6.45, 7) is 4.44. The molecule has 240 valence electrons. The lowest BCUT2D eigenvalue weighted by Crippen LogP contribution is -2.51. The second-order valence-electron chi connectivity index (χ2n) is 11.4. The largest absolute Gasteiger partial charge is 0.372 e. The summed E-state index contributed by atoms with van der Waals surface area (Å²) in [5.41, 5.74) is 6.53. The number of ether oxygens (including phenoxy) is 1. The first-order valence-corrected chi connectivity index (χ1v) is 15.8. The molecule has 2 aromatic heterocycles. The highest BCUT2D eigenvalue weighted by Gasteiger charge is 2.36. The van der Waals surface area contributed by atoms with Gasteiger partial charge in [-0.15, -0.1) is 0 Å². The van der Waals surface area contributed by atoms with Gasteiger partial charge in [-0.1, -0.05) is 23.7 Å². The number of carbonyl (C=O) groups excluding carboxylic acids is 2. The Bertz CT molecular complexity index is 1840. The number of anilines is 1. The van der Waals surface area contributed by atoms with E-state index >= 15 is 0 Å². The van der Waals surface area contributed by atoms with Crippen LogP contribution in [0.2, 0.25) is 5.02 Å². The summed E-state index contributed by atoms with van der Waals surface area (Å²) in [7, 11) is 1.90. The van der Waals surface area contributed by atoms with Crippen LogP contribution in [0.15, 0.2) is 73.3 Å². The van der Waals surface area contributed by atoms with Gasteiger partial charge in [-0.3, -0.25) is 14.7 Å². The van der Waals surface area contributed by atoms with Crippen molar-refractivity contribution in [1.29, 1.82) is 5.26 Å². The van der Waals surface area contributed by atoms with E-state index in [-0.39, 0.29) is 24.6 Å². The van der Waals surface area contributed by atoms with Crippen LogP contribution in [0.25, 0.3) is 11.6 Å². The van der Waals surface area contributed by atoms with E-state index in [2.05, 4.69) is 32.7 Å². The van der Waals surface area contributed by atoms with E-state index in [1.165, 1.54) is 0 Å². The van der Waals surface area contributed by atoms with Gasteiger partial charge in [0.15, 0.2) is 0 Å². The molecule has 2 aliphatic rings. The Kier molecular flexibility index (Phi) is 9.63. The number of urea groups is 1. The molecule has 1 aliphatic heterocycles. The lowest BCUT2D eigenvalue weighted by Gasteiger charge is -2.39. The van der Waals surface area contributed by atoms with E-state index < -0.39 is 6.04 Å². The third kappa shape index (κ3) is 6.90. The summed E-state index contributed by atoms with van der Waals surface area (Å²) in [6, 6.07) is 17.7. The van der Waals surface area contributed by atoms with E-state index in [1.807, 2.05) is 48.9 Å². The van der Waals surface area contributed by atoms with E-state index in [0.29, 0.717) is 49.1 Å². The number of nitriles is 1. The summed E-state index contributed by atoms with van der Waals surface area (Å²) < 4.78 is 7.32. The maximum atomic E-state index is 13.2. The molecule has 2 atom stereocenters. The maximum absolute atomic E-state index is 13.2. The Morgan fingerprint density at radius 3 is 2.62 bits per heavy atom. The van der Waals surface area contributed by atoms with Gasteiger partial charge in [0.25, 0.3) is 0 Å². The third-order valence-corrected chi connectivity index (χ3v) is 8.73. The Balaban J connectivity index is 1.33. The molecule has 1 fully saturated rings. The molecule has 12 heteroatoms. The number of rotatable bonds is 8. The van der Waals surface area contributed by atoms with E-state index in [9.17, 15) is 9.59 Å². The molecule has 0 radical (unpaired) electrons. The Hall–Kier alpha value is -5.02. The number of halogens is 1. The molecule has 2 N–H and O–H groups in total. The molecule has 47 heavy (non-hydrogen) atoms. The summed E-state index contributed by atoms with van der Waals surface area (Å²) in [5, 5.41) is 15.8. The zero-order valence-electron chi connectivity index (χ0n) is 26.2. The van der Waals surface area contributed by atoms with Crippen molar-refractivity contribution in [1.82, 2.24) is 29.7 Å². The molecule has 2 aromatic carbocycles. The topological polar surface area (TPSA) is 128 Å². The lowest BCUT2D eigenvalue weighted by atomic mass is 9.89. The molecule has 0 spiro atoms. The van der Waals surface area contributed by atoms with Crippen molar-refractivity contribution in [3.05, 3.63) is 112 Å². The van der Waals surface area contributed by atoms with Crippen molar-refractivity contribution >= 4 is 40.9 Å². The lowest BCUT2D eigenvalue weighted by molar-refractivity contribution is -0.125. The van der Waals surface area contributed by atoms with Crippen molar-refractivity contribution in [3.8, 4) is 6.07 Å². The average molecular weight is 651 g/mol. The number of aromatic nitrogens is 3. The molecule has 6 rings (SSSR count). The van der Waals surface area contributed by atoms with Gasteiger partial charge in [0.05, 0.1) is 47.6 Å². The van der Waals surface area contributed by atoms with Crippen LogP contribution in [0, 0.1) is 11.3 Å². The average Bonchev–Trinajstić information content (AvgIpc) is 3.46. The van der Waals surface area contributed by atoms with Gasteiger partial charge in [0, 0.05) is 56.7 Å². The highest BCUT2D eigenvalue weighted by atomic mass is 35.5. The van der Waals surface area contributed by atoms with Gasteiger partial charge in [-0.25, -0.2) is 9.78 Å². The van der Waals surface area contributed by atoms with Crippen LogP contribution in [0.4, 0.5) is 10.5 Å². The molecule has 0 bridgehead atoms. The minimum Gasteiger partial charge on any atom is -0.372 e. The summed E-state index contributed by atoms with van der Waals surface area (Å²) in [6.07, 6.45) is 7.34. The maximum Gasteiger partial charge on any atom is 0.321 e. The van der Waals surface area contributed by atoms with Gasteiger partial charge in [-0.05, 0) is 77.7 Å². The third-order valence-electron chi connectivity index (χ3n) is 8.50. The first-order valence-electron chi connectivity index (χ1n) is 15.5. The number of benzene rings is 2. The smallest absolute Gasteiger partial charge is 0.321 e. The first-order chi connectivity index (χ1) is 22.9. The van der Waals surface area contributed by atoms with E-state index in [0.717, 1.165) is 33.7 Å². The fourth-order valence-corrected chi connectivity index (χ4v) is 6.34. The quantitative estimate of drug-likeness (QED) is 0.274. The number of nitrogens with one attached hydrogen (secondary N) is 2. The summed E-state index contributed by atoms with van der Waals surface area (Å²) in [4.78, 5) is 39.7. The number of pyridine rings is 1. The normalized spacial score (nSPS) is 16.6. The SMILES string of the molecule is CCOCC(=O)NC(C1=Cc2cccnc2C(N2CCN(C(=O)Nc3ccc(C#N)cc3)CC2)c2ccc(Cl)cc21)c1cncn1C. The highest BCUT2D eigenvalue weighted by molar-refractivity contribution is 6.30. The Labute approximate surface area is 278 Å². The molecular formula is C35H35ClN8O3. The number of aryl methyl sites for hydroxylation is 1. The van der Waals surface area contributed by atoms with Gasteiger partial charge < -0.3 is 24.8 Å². The van der Waals surface area contributed by atoms with Gasteiger partial charge in [-0.2, -0.15) is 5.26 Å². The number of hydrogen-bond donors (Lipinski definition) is 2. The van der Waals surface area contributed by atoms with Gasteiger partial charge >= 0.3 is 6.03 Å². The number of piperazine rings is 1. The highest BCUT2D eigenvalue weighted by Crippen LogP contribution is 2.44. The summed E-state index contributed by atoms with van der Waals surface area (Å²) in [5.74, 6) is -0.245. The molecule has 2 unspecified atom stereocenters. The molecule has 3 amide bonds. The number of hydrogen-bond acceptors (Lipinski definition) is 7. The first kappa shape index (κ1) is 31.9. The Morgan fingerprint density at radius 1 is 1.13 bits per heavy atom. The Morgan fingerprint density at radius 2 is 1.91 bits per heavy atom. The molecule has 1 aliphatic carbocycles. The van der Waals surface area contributed by atoms with Crippen LogP contribution < -0.4 is 10.6 Å². The number of fused-ring (bicyclic) bond motifs is 2. The van der Waals surface area contributed by atoms with Gasteiger partial charge in [0.1, 0.15) is 6.61 Å². The number of imidazole rings is 1. The number of nitrogens with zero attached hydrogens (tertiary/aromatic N) is 6. The van der Waals surface area contributed by atoms with Crippen LogP contribution in [0.1, 0.15) is 52.6 Å². The fourth-order valence-electron chi connectivity index (χ4n) is 6.17. The van der Waals surface area contributed by atoms with Crippen LogP contribution in [0.3, 0.4) is 0 Å². The van der Waals surface area contributed by atoms with Crippen molar-refractivity contribution in [3.63, 3.8) is 0 Å². The molecule has 11 nitrogen and oxygen atoms in total. The zero-order valence-corrected chi connectivity index (χ0v) is 26.9. The minimum atomic E-state index is -0.553. The second kappa shape index (κ2) is 14.2. The van der Waals surface area contributed by atoms with Crippen molar-refractivity contribution < 1.29 is 14.3 Å². The van der Waals surface area contributed by atoms with E-state index in [1.54, 1.807) is 47.9 Å². The standard InChI is InChI=1S/C35H35ClN8O3/c1-3-47-21-31(45)41-33(30-20-38-22-42(30)2)29-17-24-5-4-12-39-32(24)34(27-11-8-25(36)18-28(27)29)43-13-15-44(16-14-43)35(46)40-26-9-6-23(19-37)7-10-26/h4-12,17-18,20,22,33-34H,3,13-16,21H2,1-2H3,(H,40,46)(H,41,45). The van der Waals surface area contributed by atoms with Crippen LogP contribution >= 0.6 is 11.6 Å². The van der Waals surface area contributed by atoms with Crippen LogP contribution in [-0.4, -0.2) is 75.7 Å². The molecule has 3 heterocycles. The molecule has 1 saturated heterocycles. The zero-order chi connectivity index (χ0) is 32.9. The van der Waals surface area contributed by atoms with Gasteiger partial charge in [0.2, 0.25) is 5.91 Å². The molecular weight excluding hydrogens is 616 g/mol. The molecule has 0 saturated carbocycles. The monoisotopic (exact) mass is 650 g/mol. The van der Waals surface area contributed by atoms with Crippen molar-refractivity contribution in [2.75, 3.05) is 44.7 Å². The minimum absolute atomic E-state index is 0.0651. The fraction of sp³-hybridized carbons (Fsp3) is 0.286. The van der Waals surface area contributed by atoms with Crippen molar-refractivity contribution in [2.45, 2.75) is 19.0 Å². The van der Waals surface area contributed by atoms with Crippen molar-refractivity contribution in [2.24, 2.45) is 7.05 Å². The summed E-state index contributed by atoms with van der Waals surface area (Å²) >= 11 is 6.66. The predicted molar refractivity (Wildman–Crippen MR) is 179 cm³/mol. The predicted octanol–water partition coefficient (Wildman–Crippen LogP) is 5.03. The van der Waals surface area contributed by atoms with Crippen LogP contribution in [0.5, 0.6) is 0 Å². The molecule has 4 aromatic rings. The van der Waals surface area contributed by atoms with E-state index in [4.69, 9.17) is 26.6 Å². The number of amides is 3. The second-order valence-corrected chi connectivity index (χ2v) is 11.9.